The maximum atomic E-state index is 12.3. The number of hydrogen-bond acceptors (Lipinski definition) is 5. The van der Waals surface area contributed by atoms with Crippen molar-refractivity contribution in [3.8, 4) is 11.5 Å². The van der Waals surface area contributed by atoms with E-state index in [1.165, 1.54) is 5.56 Å². The third kappa shape index (κ3) is 4.86. The first-order chi connectivity index (χ1) is 15.0. The number of aryl methyl sites for hydroxylation is 1. The summed E-state index contributed by atoms with van der Waals surface area (Å²) in [5.41, 5.74) is 3.99. The van der Waals surface area contributed by atoms with E-state index in [1.54, 1.807) is 19.3 Å². The van der Waals surface area contributed by atoms with Crippen LogP contribution in [-0.4, -0.2) is 19.0 Å². The number of carbonyl (C=O) groups is 1. The van der Waals surface area contributed by atoms with Crippen molar-refractivity contribution in [2.75, 3.05) is 7.11 Å². The highest BCUT2D eigenvalue weighted by atomic mass is 79.9. The minimum Gasteiger partial charge on any atom is -0.493 e. The summed E-state index contributed by atoms with van der Waals surface area (Å²) in [6.07, 6.45) is 1.67. The number of carbonyl (C=O) groups excluding carboxylic acids is 1. The molecule has 0 aliphatic carbocycles. The number of benzene rings is 3. The van der Waals surface area contributed by atoms with Crippen molar-refractivity contribution in [3.63, 3.8) is 0 Å². The topological polar surface area (TPSA) is 57.1 Å². The number of esters is 1. The molecule has 0 unspecified atom stereocenters. The van der Waals surface area contributed by atoms with Crippen LogP contribution in [0.25, 0.3) is 6.08 Å². The Hall–Kier alpha value is -3.38. The molecule has 0 atom stereocenters. The Morgan fingerprint density at radius 1 is 1.03 bits per heavy atom. The van der Waals surface area contributed by atoms with Crippen LogP contribution in [0.15, 0.2) is 81.9 Å². The lowest BCUT2D eigenvalue weighted by Crippen LogP contribution is -2.05. The number of methoxy groups -OCH3 is 1. The zero-order chi connectivity index (χ0) is 21.8. The zero-order valence-corrected chi connectivity index (χ0v) is 18.7. The number of aliphatic imine (C=N–C) groups is 1. The Morgan fingerprint density at radius 3 is 2.65 bits per heavy atom. The fraction of sp³-hybridized carbons (Fsp3) is 0.120. The molecule has 0 saturated heterocycles. The van der Waals surface area contributed by atoms with Crippen molar-refractivity contribution in [2.45, 2.75) is 13.5 Å². The maximum absolute atomic E-state index is 12.3. The first kappa shape index (κ1) is 20.9. The van der Waals surface area contributed by atoms with Crippen molar-refractivity contribution in [1.29, 1.82) is 0 Å². The van der Waals surface area contributed by atoms with E-state index >= 15 is 0 Å². The SMILES string of the molecule is COc1cc(/C=C2\N=C(c3cccc(Br)c3)OC2=O)ccc1OCc1ccccc1C. The number of ether oxygens (including phenoxy) is 3. The van der Waals surface area contributed by atoms with Gasteiger partial charge in [0.05, 0.1) is 7.11 Å². The molecule has 4 rings (SSSR count). The van der Waals surface area contributed by atoms with E-state index in [-0.39, 0.29) is 11.6 Å². The molecule has 0 spiro atoms. The molecule has 0 bridgehead atoms. The van der Waals surface area contributed by atoms with Crippen molar-refractivity contribution in [2.24, 2.45) is 4.99 Å². The Balaban J connectivity index is 1.55. The number of cyclic esters (lactones) is 1. The highest BCUT2D eigenvalue weighted by Crippen LogP contribution is 2.31. The molecule has 0 fully saturated rings. The van der Waals surface area contributed by atoms with Crippen LogP contribution in [0.3, 0.4) is 0 Å². The predicted octanol–water partition coefficient (Wildman–Crippen LogP) is 5.69. The maximum Gasteiger partial charge on any atom is 0.363 e. The van der Waals surface area contributed by atoms with Crippen molar-refractivity contribution < 1.29 is 19.0 Å². The Morgan fingerprint density at radius 2 is 1.87 bits per heavy atom. The second-order valence-corrected chi connectivity index (χ2v) is 7.89. The summed E-state index contributed by atoms with van der Waals surface area (Å²) in [6.45, 7) is 2.49. The number of rotatable bonds is 6. The highest BCUT2D eigenvalue weighted by molar-refractivity contribution is 9.10. The normalized spacial score (nSPS) is 14.4. The van der Waals surface area contributed by atoms with E-state index in [0.717, 1.165) is 21.2 Å². The van der Waals surface area contributed by atoms with Crippen LogP contribution in [0.1, 0.15) is 22.3 Å². The Labute approximate surface area is 189 Å². The van der Waals surface area contributed by atoms with E-state index in [0.29, 0.717) is 18.1 Å². The molecule has 3 aromatic rings. The molecule has 3 aromatic carbocycles. The summed E-state index contributed by atoms with van der Waals surface area (Å²) < 4.78 is 17.7. The summed E-state index contributed by atoms with van der Waals surface area (Å²) in [5.74, 6) is 0.988. The van der Waals surface area contributed by atoms with Crippen LogP contribution in [0.5, 0.6) is 11.5 Å². The molecule has 0 N–H and O–H groups in total. The van der Waals surface area contributed by atoms with Crippen LogP contribution in [0.4, 0.5) is 0 Å². The molecule has 0 aromatic heterocycles. The van der Waals surface area contributed by atoms with E-state index < -0.39 is 5.97 Å². The molecular formula is C25H20BrNO4. The first-order valence-corrected chi connectivity index (χ1v) is 10.5. The van der Waals surface area contributed by atoms with Crippen molar-refractivity contribution in [3.05, 3.63) is 99.2 Å². The highest BCUT2D eigenvalue weighted by Gasteiger charge is 2.24. The summed E-state index contributed by atoms with van der Waals surface area (Å²) >= 11 is 3.41. The van der Waals surface area contributed by atoms with Gasteiger partial charge in [0.1, 0.15) is 6.61 Å². The van der Waals surface area contributed by atoms with Crippen LogP contribution in [0.2, 0.25) is 0 Å². The average Bonchev–Trinajstić information content (AvgIpc) is 3.14. The van der Waals surface area contributed by atoms with Gasteiger partial charge in [0.15, 0.2) is 17.2 Å². The zero-order valence-electron chi connectivity index (χ0n) is 17.1. The molecule has 0 amide bonds. The third-order valence-corrected chi connectivity index (χ3v) is 5.32. The fourth-order valence-corrected chi connectivity index (χ4v) is 3.53. The van der Waals surface area contributed by atoms with Crippen LogP contribution in [-0.2, 0) is 16.1 Å². The minimum atomic E-state index is -0.492. The molecular weight excluding hydrogens is 458 g/mol. The second-order valence-electron chi connectivity index (χ2n) is 6.97. The van der Waals surface area contributed by atoms with E-state index in [2.05, 4.69) is 33.9 Å². The van der Waals surface area contributed by atoms with E-state index in [1.807, 2.05) is 54.6 Å². The first-order valence-electron chi connectivity index (χ1n) is 9.67. The molecule has 6 heteroatoms. The van der Waals surface area contributed by atoms with E-state index in [4.69, 9.17) is 14.2 Å². The smallest absolute Gasteiger partial charge is 0.363 e. The minimum absolute atomic E-state index is 0.227. The summed E-state index contributed by atoms with van der Waals surface area (Å²) in [4.78, 5) is 16.6. The third-order valence-electron chi connectivity index (χ3n) is 4.83. The number of hydrogen-bond donors (Lipinski definition) is 0. The van der Waals surface area contributed by atoms with Crippen LogP contribution >= 0.6 is 15.9 Å². The van der Waals surface area contributed by atoms with Gasteiger partial charge in [0, 0.05) is 10.0 Å². The van der Waals surface area contributed by atoms with Gasteiger partial charge in [-0.05, 0) is 60.0 Å². The van der Waals surface area contributed by atoms with Gasteiger partial charge in [-0.3, -0.25) is 0 Å². The predicted molar refractivity (Wildman–Crippen MR) is 123 cm³/mol. The van der Waals surface area contributed by atoms with Crippen molar-refractivity contribution >= 4 is 33.9 Å². The molecule has 31 heavy (non-hydrogen) atoms. The van der Waals surface area contributed by atoms with Gasteiger partial charge in [-0.25, -0.2) is 9.79 Å². The van der Waals surface area contributed by atoms with Gasteiger partial charge in [0.2, 0.25) is 5.90 Å². The molecule has 0 radical (unpaired) electrons. The van der Waals surface area contributed by atoms with E-state index in [9.17, 15) is 4.79 Å². The second kappa shape index (κ2) is 9.18. The van der Waals surface area contributed by atoms with Crippen LogP contribution < -0.4 is 9.47 Å². The largest absolute Gasteiger partial charge is 0.493 e. The van der Waals surface area contributed by atoms with Gasteiger partial charge in [-0.15, -0.1) is 0 Å². The Bertz CT molecular complexity index is 1200. The molecule has 156 valence electrons. The Kier molecular flexibility index (Phi) is 6.18. The molecule has 5 nitrogen and oxygen atoms in total. The average molecular weight is 478 g/mol. The quantitative estimate of drug-likeness (QED) is 0.338. The van der Waals surface area contributed by atoms with Gasteiger partial charge >= 0.3 is 5.97 Å². The summed E-state index contributed by atoms with van der Waals surface area (Å²) in [7, 11) is 1.58. The summed E-state index contributed by atoms with van der Waals surface area (Å²) in [6, 6.07) is 21.0. The number of nitrogens with zero attached hydrogens (tertiary/aromatic N) is 1. The lowest BCUT2D eigenvalue weighted by molar-refractivity contribution is -0.129. The standard InChI is InChI=1S/C25H20BrNO4/c1-16-6-3-4-7-19(16)15-30-22-11-10-17(13-23(22)29-2)12-21-25(28)31-24(27-21)18-8-5-9-20(26)14-18/h3-14H,15H2,1-2H3/b21-12-. The summed E-state index contributed by atoms with van der Waals surface area (Å²) in [5, 5.41) is 0. The molecule has 1 aliphatic heterocycles. The van der Waals surface area contributed by atoms with Gasteiger partial charge < -0.3 is 14.2 Å². The van der Waals surface area contributed by atoms with Crippen LogP contribution in [0, 0.1) is 6.92 Å². The van der Waals surface area contributed by atoms with Crippen molar-refractivity contribution in [1.82, 2.24) is 0 Å². The van der Waals surface area contributed by atoms with Gasteiger partial charge in [-0.1, -0.05) is 52.3 Å². The lowest BCUT2D eigenvalue weighted by atomic mass is 10.1. The number of halogens is 1. The molecule has 1 aliphatic rings. The fourth-order valence-electron chi connectivity index (χ4n) is 3.13. The molecule has 1 heterocycles. The monoisotopic (exact) mass is 477 g/mol. The lowest BCUT2D eigenvalue weighted by Gasteiger charge is -2.12. The molecule has 0 saturated carbocycles. The van der Waals surface area contributed by atoms with Gasteiger partial charge in [-0.2, -0.15) is 0 Å². The van der Waals surface area contributed by atoms with Gasteiger partial charge in [0.25, 0.3) is 0 Å².